The molecule has 21 heavy (non-hydrogen) atoms. The predicted octanol–water partition coefficient (Wildman–Crippen LogP) is 0.934. The molecule has 0 saturated carbocycles. The summed E-state index contributed by atoms with van der Waals surface area (Å²) in [7, 11) is 0. The molecule has 0 aliphatic rings. The normalized spacial score (nSPS) is 13.7. The Morgan fingerprint density at radius 3 is 2.57 bits per heavy atom. The van der Waals surface area contributed by atoms with E-state index in [1.165, 1.54) is 15.6 Å². The highest BCUT2D eigenvalue weighted by Gasteiger charge is 2.19. The zero-order chi connectivity index (χ0) is 15.4. The molecule has 7 nitrogen and oxygen atoms in total. The number of carbonyl (C=O) groups is 1. The molecule has 0 saturated heterocycles. The number of aliphatic hydroxyl groups excluding tert-OH is 1. The number of benzene rings is 1. The van der Waals surface area contributed by atoms with Crippen LogP contribution in [0.3, 0.4) is 0 Å². The highest BCUT2D eigenvalue weighted by molar-refractivity contribution is 5.71. The van der Waals surface area contributed by atoms with Gasteiger partial charge in [-0.3, -0.25) is 4.79 Å². The fourth-order valence-electron chi connectivity index (χ4n) is 2.23. The number of aromatic nitrogens is 3. The van der Waals surface area contributed by atoms with Gasteiger partial charge in [-0.25, -0.2) is 14.0 Å². The Morgan fingerprint density at radius 1 is 1.38 bits per heavy atom. The molecule has 0 fully saturated rings. The summed E-state index contributed by atoms with van der Waals surface area (Å²) in [5.41, 5.74) is 0.978. The van der Waals surface area contributed by atoms with Crippen LogP contribution in [0.25, 0.3) is 5.69 Å². The van der Waals surface area contributed by atoms with Crippen molar-refractivity contribution in [3.8, 4) is 5.69 Å². The summed E-state index contributed by atoms with van der Waals surface area (Å²) in [5, 5.41) is 16.3. The molecule has 112 valence electrons. The van der Waals surface area contributed by atoms with E-state index in [2.05, 4.69) is 10.4 Å². The lowest BCUT2D eigenvalue weighted by Crippen LogP contribution is -2.32. The first kappa shape index (κ1) is 15.0. The van der Waals surface area contributed by atoms with E-state index in [0.717, 1.165) is 0 Å². The van der Waals surface area contributed by atoms with Gasteiger partial charge in [0.05, 0.1) is 17.8 Å². The molecule has 2 atom stereocenters. The van der Waals surface area contributed by atoms with E-state index in [1.54, 1.807) is 31.2 Å². The molecular formula is C14H18N4O3. The van der Waals surface area contributed by atoms with E-state index in [9.17, 15) is 14.7 Å². The van der Waals surface area contributed by atoms with Crippen LogP contribution >= 0.6 is 0 Å². The maximum absolute atomic E-state index is 12.4. The average molecular weight is 290 g/mol. The van der Waals surface area contributed by atoms with Gasteiger partial charge in [0.2, 0.25) is 6.41 Å². The molecule has 1 heterocycles. The first-order valence-electron chi connectivity index (χ1n) is 6.73. The number of anilines is 1. The Balaban J connectivity index is 2.35. The molecule has 2 N–H and O–H groups in total. The predicted molar refractivity (Wildman–Crippen MR) is 78.5 cm³/mol. The zero-order valence-electron chi connectivity index (χ0n) is 11.9. The van der Waals surface area contributed by atoms with Crippen molar-refractivity contribution in [3.05, 3.63) is 41.1 Å². The zero-order valence-corrected chi connectivity index (χ0v) is 11.9. The molecule has 1 aromatic carbocycles. The molecule has 0 radical (unpaired) electrons. The smallest absolute Gasteiger partial charge is 0.350 e. The molecule has 2 aromatic rings. The summed E-state index contributed by atoms with van der Waals surface area (Å²) in [6.45, 7) is 3.53. The largest absolute Gasteiger partial charge is 0.391 e. The van der Waals surface area contributed by atoms with Crippen LogP contribution < -0.4 is 11.0 Å². The molecule has 1 amide bonds. The third-order valence-electron chi connectivity index (χ3n) is 3.35. The van der Waals surface area contributed by atoms with Crippen molar-refractivity contribution >= 4 is 12.1 Å². The standard InChI is InChI=1S/C14H18N4O3/c1-3-13(10(2)20)18-14(21)17(8-16-18)12-6-4-11(5-7-12)15-9-19/h4-10,13,20H,3H2,1-2H3,(H,15,19). The topological polar surface area (TPSA) is 89.2 Å². The summed E-state index contributed by atoms with van der Waals surface area (Å²) < 4.78 is 2.69. The van der Waals surface area contributed by atoms with Gasteiger partial charge in [-0.1, -0.05) is 6.92 Å². The second-order valence-corrected chi connectivity index (χ2v) is 4.75. The van der Waals surface area contributed by atoms with E-state index in [-0.39, 0.29) is 11.7 Å². The molecule has 0 bridgehead atoms. The van der Waals surface area contributed by atoms with Crippen molar-refractivity contribution in [1.82, 2.24) is 14.3 Å². The van der Waals surface area contributed by atoms with Crippen LogP contribution in [0.1, 0.15) is 26.3 Å². The minimum absolute atomic E-state index is 0.307. The Morgan fingerprint density at radius 2 is 2.05 bits per heavy atom. The fraction of sp³-hybridized carbons (Fsp3) is 0.357. The summed E-state index contributed by atoms with van der Waals surface area (Å²) in [4.78, 5) is 22.7. The Labute approximate surface area is 121 Å². The van der Waals surface area contributed by atoms with Crippen molar-refractivity contribution in [2.24, 2.45) is 0 Å². The third kappa shape index (κ3) is 3.03. The maximum atomic E-state index is 12.4. The van der Waals surface area contributed by atoms with Crippen LogP contribution in [0.2, 0.25) is 0 Å². The number of hydrogen-bond acceptors (Lipinski definition) is 4. The number of nitrogens with one attached hydrogen (secondary N) is 1. The highest BCUT2D eigenvalue weighted by atomic mass is 16.3. The van der Waals surface area contributed by atoms with Gasteiger partial charge in [0.15, 0.2) is 0 Å². The summed E-state index contributed by atoms with van der Waals surface area (Å²) in [5.74, 6) is 0. The second kappa shape index (κ2) is 6.36. The van der Waals surface area contributed by atoms with Crippen molar-refractivity contribution in [1.29, 1.82) is 0 Å². The van der Waals surface area contributed by atoms with E-state index < -0.39 is 6.10 Å². The second-order valence-electron chi connectivity index (χ2n) is 4.75. The van der Waals surface area contributed by atoms with E-state index in [4.69, 9.17) is 0 Å². The number of nitrogens with zero attached hydrogens (tertiary/aromatic N) is 3. The molecule has 7 heteroatoms. The average Bonchev–Trinajstić information content (AvgIpc) is 2.83. The summed E-state index contributed by atoms with van der Waals surface area (Å²) >= 11 is 0. The van der Waals surface area contributed by atoms with Crippen LogP contribution in [-0.2, 0) is 4.79 Å². The van der Waals surface area contributed by atoms with Gasteiger partial charge in [-0.05, 0) is 37.6 Å². The van der Waals surface area contributed by atoms with Gasteiger partial charge in [0, 0.05) is 5.69 Å². The Bertz CT molecular complexity index is 658. The van der Waals surface area contributed by atoms with E-state index in [0.29, 0.717) is 24.2 Å². The van der Waals surface area contributed by atoms with Gasteiger partial charge >= 0.3 is 5.69 Å². The third-order valence-corrected chi connectivity index (χ3v) is 3.35. The quantitative estimate of drug-likeness (QED) is 0.775. The number of rotatable bonds is 6. The van der Waals surface area contributed by atoms with Crippen LogP contribution in [0.15, 0.2) is 35.4 Å². The summed E-state index contributed by atoms with van der Waals surface area (Å²) in [6, 6.07) is 6.46. The molecule has 1 aromatic heterocycles. The fourth-order valence-corrected chi connectivity index (χ4v) is 2.23. The molecular weight excluding hydrogens is 272 g/mol. The number of amides is 1. The molecule has 2 rings (SSSR count). The van der Waals surface area contributed by atoms with Crippen molar-refractivity contribution < 1.29 is 9.90 Å². The van der Waals surface area contributed by atoms with Gasteiger partial charge in [0.25, 0.3) is 0 Å². The lowest BCUT2D eigenvalue weighted by Gasteiger charge is -2.16. The number of hydrogen-bond donors (Lipinski definition) is 2. The first-order valence-corrected chi connectivity index (χ1v) is 6.73. The van der Waals surface area contributed by atoms with E-state index in [1.807, 2.05) is 6.92 Å². The monoisotopic (exact) mass is 290 g/mol. The van der Waals surface area contributed by atoms with Crippen LogP contribution in [0.4, 0.5) is 5.69 Å². The Hall–Kier alpha value is -2.41. The lowest BCUT2D eigenvalue weighted by atomic mass is 10.1. The van der Waals surface area contributed by atoms with Crippen LogP contribution in [0, 0.1) is 0 Å². The van der Waals surface area contributed by atoms with Crippen molar-refractivity contribution in [2.75, 3.05) is 5.32 Å². The van der Waals surface area contributed by atoms with Gasteiger partial charge < -0.3 is 10.4 Å². The maximum Gasteiger partial charge on any atom is 0.350 e. The van der Waals surface area contributed by atoms with Crippen LogP contribution in [0.5, 0.6) is 0 Å². The number of aliphatic hydroxyl groups is 1. The lowest BCUT2D eigenvalue weighted by molar-refractivity contribution is -0.105. The highest BCUT2D eigenvalue weighted by Crippen LogP contribution is 2.14. The van der Waals surface area contributed by atoms with E-state index >= 15 is 0 Å². The summed E-state index contributed by atoms with van der Waals surface area (Å²) in [6.07, 6.45) is 1.97. The SMILES string of the molecule is CCC(C(C)O)n1ncn(-c2ccc(NC=O)cc2)c1=O. The number of carbonyl (C=O) groups excluding carboxylic acids is 1. The minimum atomic E-state index is -0.657. The Kier molecular flexibility index (Phi) is 4.54. The first-order chi connectivity index (χ1) is 10.1. The minimum Gasteiger partial charge on any atom is -0.391 e. The van der Waals surface area contributed by atoms with Gasteiger partial charge in [-0.2, -0.15) is 5.10 Å². The van der Waals surface area contributed by atoms with Gasteiger partial charge in [0.1, 0.15) is 6.33 Å². The van der Waals surface area contributed by atoms with Crippen LogP contribution in [-0.4, -0.2) is 32.0 Å². The molecule has 0 aliphatic carbocycles. The van der Waals surface area contributed by atoms with Crippen molar-refractivity contribution in [3.63, 3.8) is 0 Å². The molecule has 2 unspecified atom stereocenters. The van der Waals surface area contributed by atoms with Crippen molar-refractivity contribution in [2.45, 2.75) is 32.4 Å². The molecule has 0 spiro atoms. The molecule has 0 aliphatic heterocycles. The van der Waals surface area contributed by atoms with Gasteiger partial charge in [-0.15, -0.1) is 0 Å².